The Morgan fingerprint density at radius 2 is 1.65 bits per heavy atom. The molecule has 0 atom stereocenters. The fourth-order valence-electron chi connectivity index (χ4n) is 3.00. The van der Waals surface area contributed by atoms with Gasteiger partial charge in [-0.2, -0.15) is 18.3 Å². The van der Waals surface area contributed by atoms with Crippen molar-refractivity contribution in [1.82, 2.24) is 19.7 Å². The Hall–Kier alpha value is -3.63. The third-order valence-corrected chi connectivity index (χ3v) is 4.90. The van der Waals surface area contributed by atoms with E-state index in [1.54, 1.807) is 44.3 Å². The van der Waals surface area contributed by atoms with Gasteiger partial charge < -0.3 is 15.2 Å². The van der Waals surface area contributed by atoms with Gasteiger partial charge >= 0.3 is 6.18 Å². The number of anilines is 2. The van der Waals surface area contributed by atoms with Gasteiger partial charge in [0.2, 0.25) is 5.88 Å². The summed E-state index contributed by atoms with van der Waals surface area (Å²) >= 11 is 5.89. The first-order valence-electron chi connectivity index (χ1n) is 10.0. The van der Waals surface area contributed by atoms with Gasteiger partial charge in [0.05, 0.1) is 11.4 Å². The lowest BCUT2D eigenvalue weighted by Gasteiger charge is -2.17. The molecule has 2 N–H and O–H groups in total. The fourth-order valence-corrected chi connectivity index (χ4v) is 3.12. The summed E-state index contributed by atoms with van der Waals surface area (Å²) in [6.07, 6.45) is -1.66. The van der Waals surface area contributed by atoms with E-state index in [-0.39, 0.29) is 11.6 Å². The van der Waals surface area contributed by atoms with E-state index in [0.717, 1.165) is 10.7 Å². The molecule has 0 aliphatic rings. The average Bonchev–Trinajstić information content (AvgIpc) is 3.18. The second-order valence-corrected chi connectivity index (χ2v) is 8.28. The van der Waals surface area contributed by atoms with Crippen LogP contribution in [0.2, 0.25) is 5.02 Å². The summed E-state index contributed by atoms with van der Waals surface area (Å²) in [4.78, 5) is 8.36. The van der Waals surface area contributed by atoms with Crippen LogP contribution in [-0.2, 0) is 11.8 Å². The zero-order valence-electron chi connectivity index (χ0n) is 18.0. The molecule has 11 heteroatoms. The number of hydrogen-bond donors (Lipinski definition) is 2. The Kier molecular flexibility index (Phi) is 6.20. The van der Waals surface area contributed by atoms with E-state index in [0.29, 0.717) is 27.9 Å². The minimum atomic E-state index is -4.65. The van der Waals surface area contributed by atoms with Crippen LogP contribution >= 0.6 is 11.6 Å². The standard InChI is InChI=1S/C23H19ClF3N5O2/c1-22(2,33)18-11-15(7-9-28-18)30-20-12-17(8-10-29-20)34-21-13-19(23(25,26)27)31-32(21)16-5-3-14(24)4-6-16/h3-13,33H,1-2H3,(H,28,29,30). The molecule has 0 radical (unpaired) electrons. The maximum absolute atomic E-state index is 13.3. The molecule has 0 amide bonds. The van der Waals surface area contributed by atoms with Crippen LogP contribution in [0.1, 0.15) is 25.2 Å². The number of ether oxygens (including phenoxy) is 1. The summed E-state index contributed by atoms with van der Waals surface area (Å²) in [7, 11) is 0. The van der Waals surface area contributed by atoms with Gasteiger partial charge in [-0.15, -0.1) is 0 Å². The predicted octanol–water partition coefficient (Wildman–Crippen LogP) is 6.10. The van der Waals surface area contributed by atoms with Gasteiger partial charge in [0, 0.05) is 35.2 Å². The molecule has 3 heterocycles. The summed E-state index contributed by atoms with van der Waals surface area (Å²) in [6.45, 7) is 3.23. The highest BCUT2D eigenvalue weighted by atomic mass is 35.5. The molecule has 4 aromatic rings. The Morgan fingerprint density at radius 1 is 0.941 bits per heavy atom. The molecular weight excluding hydrogens is 471 g/mol. The van der Waals surface area contributed by atoms with E-state index in [2.05, 4.69) is 20.4 Å². The average molecular weight is 490 g/mol. The van der Waals surface area contributed by atoms with Gasteiger partial charge in [0.15, 0.2) is 5.69 Å². The second kappa shape index (κ2) is 8.96. The van der Waals surface area contributed by atoms with Gasteiger partial charge in [0.1, 0.15) is 17.2 Å². The monoisotopic (exact) mass is 489 g/mol. The van der Waals surface area contributed by atoms with Gasteiger partial charge in [-0.05, 0) is 56.3 Å². The summed E-state index contributed by atoms with van der Waals surface area (Å²) < 4.78 is 46.8. The number of rotatable bonds is 6. The highest BCUT2D eigenvalue weighted by Crippen LogP contribution is 2.34. The van der Waals surface area contributed by atoms with Crippen LogP contribution in [0.4, 0.5) is 24.7 Å². The quantitative estimate of drug-likeness (QED) is 0.340. The van der Waals surface area contributed by atoms with Crippen LogP contribution < -0.4 is 10.1 Å². The molecule has 7 nitrogen and oxygen atoms in total. The maximum atomic E-state index is 13.3. The van der Waals surface area contributed by atoms with Gasteiger partial charge in [-0.25, -0.2) is 9.67 Å². The highest BCUT2D eigenvalue weighted by Gasteiger charge is 2.35. The SMILES string of the molecule is CC(C)(O)c1cc(Nc2cc(Oc3cc(C(F)(F)F)nn3-c3ccc(Cl)cc3)ccn2)ccn1. The number of aromatic nitrogens is 4. The summed E-state index contributed by atoms with van der Waals surface area (Å²) in [6, 6.07) is 13.4. The smallest absolute Gasteiger partial charge is 0.435 e. The lowest BCUT2D eigenvalue weighted by Crippen LogP contribution is -2.17. The molecule has 176 valence electrons. The number of benzene rings is 1. The normalized spacial score (nSPS) is 12.0. The van der Waals surface area contributed by atoms with Gasteiger partial charge in [-0.1, -0.05) is 11.6 Å². The van der Waals surface area contributed by atoms with Crippen LogP contribution in [0.3, 0.4) is 0 Å². The molecule has 0 saturated carbocycles. The van der Waals surface area contributed by atoms with Crippen molar-refractivity contribution in [2.45, 2.75) is 25.6 Å². The first kappa shape index (κ1) is 23.5. The lowest BCUT2D eigenvalue weighted by molar-refractivity contribution is -0.141. The molecule has 0 spiro atoms. The van der Waals surface area contributed by atoms with Gasteiger partial charge in [-0.3, -0.25) is 4.98 Å². The number of nitrogens with zero attached hydrogens (tertiary/aromatic N) is 4. The topological polar surface area (TPSA) is 85.1 Å². The molecule has 4 rings (SSSR count). The molecular formula is C23H19ClF3N5O2. The molecule has 0 saturated heterocycles. The van der Waals surface area contributed by atoms with Crippen molar-refractivity contribution < 1.29 is 23.0 Å². The Bertz CT molecular complexity index is 1300. The molecule has 34 heavy (non-hydrogen) atoms. The molecule has 0 bridgehead atoms. The number of halogens is 4. The van der Waals surface area contributed by atoms with E-state index in [1.165, 1.54) is 30.5 Å². The first-order valence-corrected chi connectivity index (χ1v) is 10.4. The molecule has 1 aromatic carbocycles. The van der Waals surface area contributed by atoms with Crippen LogP contribution in [0.5, 0.6) is 11.6 Å². The summed E-state index contributed by atoms with van der Waals surface area (Å²) in [5.41, 5.74) is -0.815. The van der Waals surface area contributed by atoms with Crippen molar-refractivity contribution in [2.24, 2.45) is 0 Å². The van der Waals surface area contributed by atoms with Crippen LogP contribution in [0.15, 0.2) is 67.0 Å². The highest BCUT2D eigenvalue weighted by molar-refractivity contribution is 6.30. The van der Waals surface area contributed by atoms with Crippen molar-refractivity contribution in [3.05, 3.63) is 83.4 Å². The minimum absolute atomic E-state index is 0.139. The predicted molar refractivity (Wildman–Crippen MR) is 121 cm³/mol. The zero-order valence-corrected chi connectivity index (χ0v) is 18.8. The first-order chi connectivity index (χ1) is 16.0. The number of hydrogen-bond acceptors (Lipinski definition) is 6. The third-order valence-electron chi connectivity index (χ3n) is 4.65. The number of pyridine rings is 2. The maximum Gasteiger partial charge on any atom is 0.435 e. The minimum Gasteiger partial charge on any atom is -0.439 e. The van der Waals surface area contributed by atoms with Crippen LogP contribution in [0, 0.1) is 0 Å². The van der Waals surface area contributed by atoms with E-state index in [9.17, 15) is 18.3 Å². The molecule has 0 aliphatic carbocycles. The number of nitrogens with one attached hydrogen (secondary N) is 1. The van der Waals surface area contributed by atoms with Crippen molar-refractivity contribution in [3.63, 3.8) is 0 Å². The van der Waals surface area contributed by atoms with Crippen molar-refractivity contribution in [1.29, 1.82) is 0 Å². The Balaban J connectivity index is 1.63. The summed E-state index contributed by atoms with van der Waals surface area (Å²) in [5, 5.41) is 17.3. The van der Waals surface area contributed by atoms with Crippen molar-refractivity contribution in [3.8, 4) is 17.3 Å². The van der Waals surface area contributed by atoms with E-state index in [1.807, 2.05) is 0 Å². The fraction of sp³-hybridized carbons (Fsp3) is 0.174. The Morgan fingerprint density at radius 3 is 2.32 bits per heavy atom. The molecule has 0 fully saturated rings. The van der Waals surface area contributed by atoms with Crippen LogP contribution in [0.25, 0.3) is 5.69 Å². The van der Waals surface area contributed by atoms with Gasteiger partial charge in [0.25, 0.3) is 0 Å². The van der Waals surface area contributed by atoms with E-state index in [4.69, 9.17) is 16.3 Å². The zero-order chi connectivity index (χ0) is 24.5. The van der Waals surface area contributed by atoms with E-state index >= 15 is 0 Å². The van der Waals surface area contributed by atoms with E-state index < -0.39 is 17.5 Å². The van der Waals surface area contributed by atoms with Crippen LogP contribution in [-0.4, -0.2) is 24.9 Å². The third kappa shape index (κ3) is 5.46. The summed E-state index contributed by atoms with van der Waals surface area (Å²) in [5.74, 6) is 0.470. The largest absolute Gasteiger partial charge is 0.439 e. The van der Waals surface area contributed by atoms with Crippen molar-refractivity contribution >= 4 is 23.1 Å². The van der Waals surface area contributed by atoms with Crippen molar-refractivity contribution in [2.75, 3.05) is 5.32 Å². The molecule has 3 aromatic heterocycles. The second-order valence-electron chi connectivity index (χ2n) is 7.85. The molecule has 0 aliphatic heterocycles. The lowest BCUT2D eigenvalue weighted by atomic mass is 10.0. The number of aliphatic hydroxyl groups is 1. The number of alkyl halides is 3. The molecule has 0 unspecified atom stereocenters. The Labute approximate surface area is 197 Å².